The van der Waals surface area contributed by atoms with Crippen molar-refractivity contribution in [2.45, 2.75) is 6.92 Å². The summed E-state index contributed by atoms with van der Waals surface area (Å²) in [5.41, 5.74) is 1.67. The highest BCUT2D eigenvalue weighted by Crippen LogP contribution is 2.40. The summed E-state index contributed by atoms with van der Waals surface area (Å²) >= 11 is 0. The molecule has 0 radical (unpaired) electrons. The first kappa shape index (κ1) is 28.2. The van der Waals surface area contributed by atoms with E-state index in [1.165, 1.54) is 21.3 Å². The van der Waals surface area contributed by atoms with Gasteiger partial charge in [-0.1, -0.05) is 12.1 Å². The number of halogens is 1. The Morgan fingerprint density at radius 1 is 1.08 bits per heavy atom. The molecule has 3 rings (SSSR count). The number of amides is 1. The number of nitrogens with zero attached hydrogens (tertiary/aromatic N) is 3. The highest BCUT2D eigenvalue weighted by molar-refractivity contribution is 7.92. The summed E-state index contributed by atoms with van der Waals surface area (Å²) in [6, 6.07) is 8.29. The number of benzene rings is 2. The summed E-state index contributed by atoms with van der Waals surface area (Å²) in [7, 11) is 0.691. The number of nitrogens with one attached hydrogen (secondary N) is 3. The molecule has 38 heavy (non-hydrogen) atoms. The van der Waals surface area contributed by atoms with E-state index in [0.717, 1.165) is 16.8 Å². The molecule has 0 aliphatic heterocycles. The van der Waals surface area contributed by atoms with Crippen LogP contribution in [0.25, 0.3) is 0 Å². The van der Waals surface area contributed by atoms with Gasteiger partial charge in [-0.15, -0.1) is 0 Å². The summed E-state index contributed by atoms with van der Waals surface area (Å²) in [5, 5.41) is 8.31. The van der Waals surface area contributed by atoms with Gasteiger partial charge in [0.05, 0.1) is 51.7 Å². The summed E-state index contributed by atoms with van der Waals surface area (Å²) in [6.07, 6.45) is 2.51. The van der Waals surface area contributed by atoms with Gasteiger partial charge in [0.1, 0.15) is 0 Å². The van der Waals surface area contributed by atoms with E-state index < -0.39 is 15.8 Å². The topological polar surface area (TPSA) is 144 Å². The summed E-state index contributed by atoms with van der Waals surface area (Å²) < 4.78 is 57.2. The molecular weight excluding hydrogens is 519 g/mol. The fraction of sp³-hybridized carbons (Fsp3) is 0.292. The first-order valence-electron chi connectivity index (χ1n) is 11.2. The molecular formula is C24H29FN6O6S. The maximum atomic E-state index is 14.8. The average Bonchev–Trinajstić information content (AvgIpc) is 2.88. The van der Waals surface area contributed by atoms with Crippen molar-refractivity contribution >= 4 is 45.3 Å². The molecule has 14 heteroatoms. The largest absolute Gasteiger partial charge is 0.493 e. The summed E-state index contributed by atoms with van der Waals surface area (Å²) in [4.78, 5) is 18.9. The minimum Gasteiger partial charge on any atom is -0.493 e. The van der Waals surface area contributed by atoms with Crippen LogP contribution in [0.4, 0.5) is 33.2 Å². The van der Waals surface area contributed by atoms with Gasteiger partial charge in [0.2, 0.25) is 28.1 Å². The number of aryl methyl sites for hydroxylation is 1. The molecule has 0 spiro atoms. The van der Waals surface area contributed by atoms with Gasteiger partial charge < -0.3 is 30.2 Å². The molecule has 0 atom stereocenters. The van der Waals surface area contributed by atoms with Crippen LogP contribution in [-0.4, -0.2) is 65.5 Å². The molecule has 1 amide bonds. The first-order chi connectivity index (χ1) is 18.1. The minimum absolute atomic E-state index is 0.0305. The van der Waals surface area contributed by atoms with Crippen molar-refractivity contribution in [3.8, 4) is 17.2 Å². The molecule has 0 unspecified atom stereocenters. The number of sulfonamides is 1. The quantitative estimate of drug-likeness (QED) is 0.215. The van der Waals surface area contributed by atoms with E-state index in [1.807, 2.05) is 0 Å². The zero-order valence-corrected chi connectivity index (χ0v) is 22.3. The molecule has 0 saturated carbocycles. The molecule has 0 bridgehead atoms. The molecule has 0 saturated heterocycles. The molecule has 12 nitrogen and oxygen atoms in total. The first-order valence-corrected chi connectivity index (χ1v) is 13.1. The van der Waals surface area contributed by atoms with Crippen molar-refractivity contribution < 1.29 is 31.8 Å². The van der Waals surface area contributed by atoms with Crippen molar-refractivity contribution in [2.75, 3.05) is 55.6 Å². The molecule has 1 heterocycles. The fourth-order valence-corrected chi connectivity index (χ4v) is 4.68. The van der Waals surface area contributed by atoms with Crippen LogP contribution in [0.1, 0.15) is 5.56 Å². The van der Waals surface area contributed by atoms with Crippen LogP contribution >= 0.6 is 0 Å². The number of aromatic nitrogens is 2. The molecule has 3 N–H and O–H groups in total. The number of anilines is 5. The number of rotatable bonds is 13. The minimum atomic E-state index is -3.75. The highest BCUT2D eigenvalue weighted by atomic mass is 32.2. The Kier molecular flexibility index (Phi) is 9.12. The normalized spacial score (nSPS) is 10.9. The molecule has 3 aromatic rings. The standard InChI is InChI=1S/C24H29FN6O6S/c1-15-7-6-8-18(21(15)31(38(5,33)34)10-9-26-14-32)29-23-17(25)13-27-24(30-23)28-16-11-19(35-2)22(37-4)20(12-16)36-3/h6-8,11-14H,9-10H2,1-5H3,(H,26,32)(H2,27,28,29,30). The van der Waals surface area contributed by atoms with Crippen LogP contribution in [0.2, 0.25) is 0 Å². The van der Waals surface area contributed by atoms with Gasteiger partial charge in [-0.3, -0.25) is 9.10 Å². The second-order valence-corrected chi connectivity index (χ2v) is 9.84. The van der Waals surface area contributed by atoms with Crippen LogP contribution < -0.4 is 34.5 Å². The zero-order valence-electron chi connectivity index (χ0n) is 21.5. The second-order valence-electron chi connectivity index (χ2n) is 7.93. The lowest BCUT2D eigenvalue weighted by Gasteiger charge is -2.27. The Hall–Kier alpha value is -4.33. The smallest absolute Gasteiger partial charge is 0.232 e. The molecule has 0 fully saturated rings. The Morgan fingerprint density at radius 2 is 1.76 bits per heavy atom. The Bertz CT molecular complexity index is 1380. The monoisotopic (exact) mass is 548 g/mol. The Balaban J connectivity index is 1.98. The van der Waals surface area contributed by atoms with Crippen LogP contribution in [0.15, 0.2) is 36.5 Å². The average molecular weight is 549 g/mol. The number of para-hydroxylation sites is 1. The predicted molar refractivity (Wildman–Crippen MR) is 142 cm³/mol. The SMILES string of the molecule is COc1cc(Nc2ncc(F)c(Nc3cccc(C)c3N(CCNC=O)S(C)(=O)=O)n2)cc(OC)c1OC. The van der Waals surface area contributed by atoms with Crippen molar-refractivity contribution in [2.24, 2.45) is 0 Å². The van der Waals surface area contributed by atoms with Crippen LogP contribution in [0.3, 0.4) is 0 Å². The maximum Gasteiger partial charge on any atom is 0.232 e. The van der Waals surface area contributed by atoms with Gasteiger partial charge in [-0.2, -0.15) is 4.98 Å². The van der Waals surface area contributed by atoms with Crippen molar-refractivity contribution in [3.05, 3.63) is 47.9 Å². The Labute approximate surface area is 220 Å². The predicted octanol–water partition coefficient (Wildman–Crippen LogP) is 2.95. The highest BCUT2D eigenvalue weighted by Gasteiger charge is 2.23. The van der Waals surface area contributed by atoms with E-state index in [-0.39, 0.29) is 30.5 Å². The van der Waals surface area contributed by atoms with E-state index in [1.54, 1.807) is 37.3 Å². The Morgan fingerprint density at radius 3 is 2.34 bits per heavy atom. The zero-order chi connectivity index (χ0) is 27.9. The lowest BCUT2D eigenvalue weighted by molar-refractivity contribution is -0.109. The number of hydrogen-bond donors (Lipinski definition) is 3. The van der Waals surface area contributed by atoms with Crippen molar-refractivity contribution in [1.82, 2.24) is 15.3 Å². The van der Waals surface area contributed by atoms with E-state index in [2.05, 4.69) is 25.9 Å². The van der Waals surface area contributed by atoms with Crippen LogP contribution in [0.5, 0.6) is 17.2 Å². The van der Waals surface area contributed by atoms with Gasteiger partial charge in [-0.05, 0) is 18.6 Å². The molecule has 204 valence electrons. The van der Waals surface area contributed by atoms with E-state index in [4.69, 9.17) is 14.2 Å². The van der Waals surface area contributed by atoms with Crippen molar-refractivity contribution in [1.29, 1.82) is 0 Å². The lowest BCUT2D eigenvalue weighted by Crippen LogP contribution is -2.36. The van der Waals surface area contributed by atoms with Crippen LogP contribution in [-0.2, 0) is 14.8 Å². The summed E-state index contributed by atoms with van der Waals surface area (Å²) in [5.74, 6) is 0.275. The third-order valence-corrected chi connectivity index (χ3v) is 6.51. The third kappa shape index (κ3) is 6.51. The van der Waals surface area contributed by atoms with Crippen LogP contribution in [0, 0.1) is 12.7 Å². The lowest BCUT2D eigenvalue weighted by atomic mass is 10.1. The van der Waals surface area contributed by atoms with Gasteiger partial charge in [0.25, 0.3) is 0 Å². The number of ether oxygens (including phenoxy) is 3. The number of methoxy groups -OCH3 is 3. The molecule has 0 aliphatic carbocycles. The molecule has 1 aromatic heterocycles. The van der Waals surface area contributed by atoms with Gasteiger partial charge >= 0.3 is 0 Å². The third-order valence-electron chi connectivity index (χ3n) is 5.35. The van der Waals surface area contributed by atoms with Gasteiger partial charge in [0, 0.05) is 24.4 Å². The molecule has 0 aliphatic rings. The van der Waals surface area contributed by atoms with E-state index in [0.29, 0.717) is 40.6 Å². The second kappa shape index (κ2) is 12.3. The van der Waals surface area contributed by atoms with Gasteiger partial charge in [-0.25, -0.2) is 17.8 Å². The fourth-order valence-electron chi connectivity index (χ4n) is 3.68. The summed E-state index contributed by atoms with van der Waals surface area (Å²) in [6.45, 7) is 1.77. The molecule has 2 aromatic carbocycles. The van der Waals surface area contributed by atoms with E-state index in [9.17, 15) is 17.6 Å². The number of carbonyl (C=O) groups excluding carboxylic acids is 1. The van der Waals surface area contributed by atoms with Gasteiger partial charge in [0.15, 0.2) is 23.1 Å². The van der Waals surface area contributed by atoms with E-state index >= 15 is 0 Å². The van der Waals surface area contributed by atoms with Crippen molar-refractivity contribution in [3.63, 3.8) is 0 Å². The number of hydrogen-bond acceptors (Lipinski definition) is 10. The number of carbonyl (C=O) groups is 1. The maximum absolute atomic E-state index is 14.8.